The molecule has 21 heavy (non-hydrogen) atoms. The van der Waals surface area contributed by atoms with Crippen molar-refractivity contribution in [1.82, 2.24) is 0 Å². The lowest BCUT2D eigenvalue weighted by Crippen LogP contribution is -2.03. The van der Waals surface area contributed by atoms with Gasteiger partial charge in [-0.25, -0.2) is 4.39 Å². The van der Waals surface area contributed by atoms with E-state index in [0.717, 1.165) is 20.8 Å². The molecule has 1 N–H and O–H groups in total. The maximum atomic E-state index is 13.2. The van der Waals surface area contributed by atoms with Crippen LogP contribution in [0.3, 0.4) is 0 Å². The van der Waals surface area contributed by atoms with Gasteiger partial charge < -0.3 is 5.11 Å². The van der Waals surface area contributed by atoms with Crippen molar-refractivity contribution < 1.29 is 9.50 Å². The van der Waals surface area contributed by atoms with Gasteiger partial charge in [0.2, 0.25) is 0 Å². The maximum absolute atomic E-state index is 13.2. The highest BCUT2D eigenvalue weighted by atomic mass is 127. The van der Waals surface area contributed by atoms with Gasteiger partial charge in [0.05, 0.1) is 0 Å². The lowest BCUT2D eigenvalue weighted by Gasteiger charge is -2.16. The first-order chi connectivity index (χ1) is 10.1. The van der Waals surface area contributed by atoms with Crippen LogP contribution in [-0.2, 0) is 0 Å². The number of aliphatic hydroxyl groups is 1. The van der Waals surface area contributed by atoms with Crippen molar-refractivity contribution >= 4 is 49.3 Å². The fraction of sp³-hybridized carbons (Fsp3) is 0.0588. The highest BCUT2D eigenvalue weighted by Crippen LogP contribution is 2.34. The molecule has 0 bridgehead atoms. The number of benzene rings is 3. The molecule has 0 aliphatic rings. The molecule has 0 fully saturated rings. The zero-order valence-corrected chi connectivity index (χ0v) is 14.6. The third-order valence-corrected chi connectivity index (χ3v) is 5.08. The van der Waals surface area contributed by atoms with Crippen molar-refractivity contribution in [3.8, 4) is 0 Å². The Bertz CT molecular complexity index is 819. The molecule has 0 saturated heterocycles. The van der Waals surface area contributed by atoms with Gasteiger partial charge >= 0.3 is 0 Å². The van der Waals surface area contributed by atoms with Crippen LogP contribution in [0.25, 0.3) is 10.8 Å². The van der Waals surface area contributed by atoms with Crippen LogP contribution in [0.4, 0.5) is 4.39 Å². The smallest absolute Gasteiger partial charge is 0.124 e. The summed E-state index contributed by atoms with van der Waals surface area (Å²) in [4.78, 5) is 0. The van der Waals surface area contributed by atoms with E-state index in [2.05, 4.69) is 15.9 Å². The fourth-order valence-electron chi connectivity index (χ4n) is 2.41. The molecule has 0 aliphatic carbocycles. The van der Waals surface area contributed by atoms with Crippen LogP contribution in [0.1, 0.15) is 17.2 Å². The van der Waals surface area contributed by atoms with Crippen molar-refractivity contribution in [3.63, 3.8) is 0 Å². The first-order valence-corrected chi connectivity index (χ1v) is 8.25. The van der Waals surface area contributed by atoms with Gasteiger partial charge in [-0.05, 0) is 62.7 Å². The highest BCUT2D eigenvalue weighted by Gasteiger charge is 2.17. The van der Waals surface area contributed by atoms with Crippen LogP contribution < -0.4 is 0 Å². The van der Waals surface area contributed by atoms with Crippen molar-refractivity contribution in [2.45, 2.75) is 6.10 Å². The minimum atomic E-state index is -0.782. The van der Waals surface area contributed by atoms with Gasteiger partial charge in [0.25, 0.3) is 0 Å². The molecule has 0 spiro atoms. The molecule has 0 aliphatic heterocycles. The number of hydrogen-bond acceptors (Lipinski definition) is 1. The van der Waals surface area contributed by atoms with Crippen LogP contribution in [0, 0.1) is 9.39 Å². The molecule has 0 aromatic heterocycles. The normalized spacial score (nSPS) is 12.6. The molecule has 0 heterocycles. The summed E-state index contributed by atoms with van der Waals surface area (Å²) in [7, 11) is 0. The lowest BCUT2D eigenvalue weighted by molar-refractivity contribution is 0.221. The SMILES string of the molecule is OC(c1ccc(F)cc1I)c1ccc(Br)c2ccccc12. The lowest BCUT2D eigenvalue weighted by atomic mass is 9.96. The molecule has 3 aromatic rings. The first kappa shape index (κ1) is 14.9. The Morgan fingerprint density at radius 3 is 2.33 bits per heavy atom. The minimum absolute atomic E-state index is 0.295. The number of rotatable bonds is 2. The van der Waals surface area contributed by atoms with Gasteiger partial charge in [-0.3, -0.25) is 0 Å². The van der Waals surface area contributed by atoms with E-state index >= 15 is 0 Å². The van der Waals surface area contributed by atoms with Gasteiger partial charge in [-0.1, -0.05) is 52.3 Å². The van der Waals surface area contributed by atoms with E-state index in [1.165, 1.54) is 12.1 Å². The van der Waals surface area contributed by atoms with Gasteiger partial charge in [0, 0.05) is 8.04 Å². The first-order valence-electron chi connectivity index (χ1n) is 6.38. The Morgan fingerprint density at radius 1 is 0.952 bits per heavy atom. The van der Waals surface area contributed by atoms with E-state index in [4.69, 9.17) is 0 Å². The molecule has 1 atom stereocenters. The minimum Gasteiger partial charge on any atom is -0.384 e. The number of aliphatic hydroxyl groups excluding tert-OH is 1. The van der Waals surface area contributed by atoms with Crippen LogP contribution in [0.2, 0.25) is 0 Å². The number of fused-ring (bicyclic) bond motifs is 1. The highest BCUT2D eigenvalue weighted by molar-refractivity contribution is 14.1. The molecule has 3 rings (SSSR count). The number of hydrogen-bond donors (Lipinski definition) is 1. The summed E-state index contributed by atoms with van der Waals surface area (Å²) in [6, 6.07) is 16.2. The second kappa shape index (κ2) is 6.02. The van der Waals surface area contributed by atoms with E-state index < -0.39 is 6.10 Å². The largest absolute Gasteiger partial charge is 0.384 e. The fourth-order valence-corrected chi connectivity index (χ4v) is 3.67. The van der Waals surface area contributed by atoms with Crippen molar-refractivity contribution in [2.75, 3.05) is 0 Å². The summed E-state index contributed by atoms with van der Waals surface area (Å²) in [5.74, 6) is -0.295. The second-order valence-corrected chi connectivity index (χ2v) is 6.77. The van der Waals surface area contributed by atoms with E-state index in [9.17, 15) is 9.50 Å². The van der Waals surface area contributed by atoms with Gasteiger partial charge in [0.15, 0.2) is 0 Å². The topological polar surface area (TPSA) is 20.2 Å². The van der Waals surface area contributed by atoms with Crippen molar-refractivity contribution in [2.24, 2.45) is 0 Å². The summed E-state index contributed by atoms with van der Waals surface area (Å²) in [5, 5.41) is 12.7. The maximum Gasteiger partial charge on any atom is 0.124 e. The molecule has 0 radical (unpaired) electrons. The van der Waals surface area contributed by atoms with Crippen LogP contribution in [0.15, 0.2) is 59.1 Å². The van der Waals surface area contributed by atoms with Gasteiger partial charge in [0.1, 0.15) is 11.9 Å². The molecule has 0 saturated carbocycles. The van der Waals surface area contributed by atoms with Crippen LogP contribution >= 0.6 is 38.5 Å². The summed E-state index contributed by atoms with van der Waals surface area (Å²) < 4.78 is 14.9. The monoisotopic (exact) mass is 456 g/mol. The third kappa shape index (κ3) is 2.84. The summed E-state index contributed by atoms with van der Waals surface area (Å²) in [6.07, 6.45) is -0.782. The quantitative estimate of drug-likeness (QED) is 0.510. The Labute approximate surface area is 144 Å². The molecule has 3 aromatic carbocycles. The Balaban J connectivity index is 2.18. The van der Waals surface area contributed by atoms with Crippen molar-refractivity contribution in [1.29, 1.82) is 0 Å². The van der Waals surface area contributed by atoms with Crippen LogP contribution in [-0.4, -0.2) is 5.11 Å². The summed E-state index contributed by atoms with van der Waals surface area (Å²) in [5.41, 5.74) is 1.53. The van der Waals surface area contributed by atoms with E-state index in [0.29, 0.717) is 9.13 Å². The molecular weight excluding hydrogens is 446 g/mol. The second-order valence-electron chi connectivity index (χ2n) is 4.75. The van der Waals surface area contributed by atoms with Gasteiger partial charge in [-0.15, -0.1) is 0 Å². The van der Waals surface area contributed by atoms with E-state index in [-0.39, 0.29) is 5.82 Å². The summed E-state index contributed by atoms with van der Waals surface area (Å²) >= 11 is 5.58. The van der Waals surface area contributed by atoms with Crippen molar-refractivity contribution in [3.05, 3.63) is 79.6 Å². The molecule has 4 heteroatoms. The zero-order chi connectivity index (χ0) is 15.0. The Hall–Kier alpha value is -0.980. The van der Waals surface area contributed by atoms with E-state index in [1.807, 2.05) is 59.0 Å². The zero-order valence-electron chi connectivity index (χ0n) is 10.9. The Morgan fingerprint density at radius 2 is 1.62 bits per heavy atom. The van der Waals surface area contributed by atoms with E-state index in [1.54, 1.807) is 6.07 Å². The molecule has 0 amide bonds. The number of halogens is 3. The molecule has 106 valence electrons. The predicted molar refractivity (Wildman–Crippen MR) is 94.8 cm³/mol. The molecular formula is C17H11BrFIO. The average molecular weight is 457 g/mol. The standard InChI is InChI=1S/C17H11BrFIO/c18-15-8-7-13(11-3-1-2-4-12(11)15)17(21)14-6-5-10(19)9-16(14)20/h1-9,17,21H. The average Bonchev–Trinajstić information content (AvgIpc) is 2.47. The Kier molecular flexibility index (Phi) is 4.28. The summed E-state index contributed by atoms with van der Waals surface area (Å²) in [6.45, 7) is 0. The third-order valence-electron chi connectivity index (χ3n) is 3.46. The predicted octanol–water partition coefficient (Wildman–Crippen LogP) is 5.43. The van der Waals surface area contributed by atoms with Crippen LogP contribution in [0.5, 0.6) is 0 Å². The molecule has 1 unspecified atom stereocenters. The molecule has 1 nitrogen and oxygen atoms in total. The van der Waals surface area contributed by atoms with Gasteiger partial charge in [-0.2, -0.15) is 0 Å².